The molecule has 2 aromatic rings. The number of aryl methyl sites for hydroxylation is 2. The zero-order chi connectivity index (χ0) is 17.7. The lowest BCUT2D eigenvalue weighted by atomic mass is 9.83. The summed E-state index contributed by atoms with van der Waals surface area (Å²) < 4.78 is 6.96. The molecule has 0 N–H and O–H groups in total. The Bertz CT molecular complexity index is 946. The zero-order valence-corrected chi connectivity index (χ0v) is 14.3. The smallest absolute Gasteiger partial charge is 0.336 e. The fourth-order valence-electron chi connectivity index (χ4n) is 4.30. The predicted octanol–water partition coefficient (Wildman–Crippen LogP) is 1.68. The number of carbonyl (C=O) groups excluding carboxylic acids is 1. The molecule has 4 heterocycles. The lowest BCUT2D eigenvalue weighted by Gasteiger charge is -2.42. The second kappa shape index (κ2) is 5.72. The Balaban J connectivity index is 1.68. The molecule has 130 valence electrons. The molecule has 2 bridgehead atoms. The number of nitrogens with zero attached hydrogens (tertiary/aromatic N) is 2. The molecule has 0 radical (unpaired) electrons. The van der Waals surface area contributed by atoms with E-state index >= 15 is 0 Å². The van der Waals surface area contributed by atoms with Gasteiger partial charge in [0.2, 0.25) is 0 Å². The van der Waals surface area contributed by atoms with Gasteiger partial charge < -0.3 is 13.9 Å². The van der Waals surface area contributed by atoms with Gasteiger partial charge in [-0.2, -0.15) is 0 Å². The Hall–Kier alpha value is -2.63. The van der Waals surface area contributed by atoms with Gasteiger partial charge in [0.15, 0.2) is 0 Å². The largest absolute Gasteiger partial charge is 0.427 e. The highest BCUT2D eigenvalue weighted by Crippen LogP contribution is 2.35. The third-order valence-corrected chi connectivity index (χ3v) is 5.32. The maximum atomic E-state index is 13.1. The summed E-state index contributed by atoms with van der Waals surface area (Å²) in [6.45, 7) is 5.26. The number of aromatic nitrogens is 1. The third-order valence-electron chi connectivity index (χ3n) is 5.32. The van der Waals surface area contributed by atoms with Gasteiger partial charge in [0.05, 0.1) is 5.56 Å². The van der Waals surface area contributed by atoms with E-state index in [1.54, 1.807) is 26.0 Å². The van der Waals surface area contributed by atoms with E-state index in [0.29, 0.717) is 36.5 Å². The Kier molecular flexibility index (Phi) is 3.63. The van der Waals surface area contributed by atoms with Crippen LogP contribution in [0.2, 0.25) is 0 Å². The number of likely N-dealkylation sites (tertiary alicyclic amines) is 1. The summed E-state index contributed by atoms with van der Waals surface area (Å²) in [5, 5.41) is 0. The maximum Gasteiger partial charge on any atom is 0.336 e. The first-order valence-corrected chi connectivity index (χ1v) is 8.54. The van der Waals surface area contributed by atoms with Crippen LogP contribution < -0.4 is 11.2 Å². The number of amides is 1. The van der Waals surface area contributed by atoms with Crippen molar-refractivity contribution >= 4 is 5.91 Å². The van der Waals surface area contributed by atoms with Crippen molar-refractivity contribution in [3.63, 3.8) is 0 Å². The van der Waals surface area contributed by atoms with Crippen LogP contribution in [0.4, 0.5) is 0 Å². The summed E-state index contributed by atoms with van der Waals surface area (Å²) >= 11 is 0. The minimum absolute atomic E-state index is 0.0310. The predicted molar refractivity (Wildman–Crippen MR) is 91.9 cm³/mol. The average molecular weight is 340 g/mol. The van der Waals surface area contributed by atoms with Crippen molar-refractivity contribution in [1.82, 2.24) is 9.47 Å². The van der Waals surface area contributed by atoms with Crippen molar-refractivity contribution in [2.75, 3.05) is 13.1 Å². The van der Waals surface area contributed by atoms with Gasteiger partial charge in [0.1, 0.15) is 5.76 Å². The second-order valence-electron chi connectivity index (χ2n) is 7.09. The number of piperidine rings is 1. The molecular formula is C19H20N2O4. The Morgan fingerprint density at radius 1 is 1.16 bits per heavy atom. The molecule has 6 nitrogen and oxygen atoms in total. The summed E-state index contributed by atoms with van der Waals surface area (Å²) in [7, 11) is 0. The van der Waals surface area contributed by atoms with Gasteiger partial charge in [0, 0.05) is 43.4 Å². The number of rotatable bonds is 1. The number of hydrogen-bond acceptors (Lipinski definition) is 4. The van der Waals surface area contributed by atoms with Crippen molar-refractivity contribution in [3.8, 4) is 0 Å². The fraction of sp³-hybridized carbons (Fsp3) is 0.421. The normalized spacial score (nSPS) is 21.8. The molecule has 2 aliphatic heterocycles. The van der Waals surface area contributed by atoms with E-state index in [1.165, 1.54) is 6.07 Å². The van der Waals surface area contributed by atoms with Crippen molar-refractivity contribution in [2.24, 2.45) is 5.92 Å². The number of pyridine rings is 1. The van der Waals surface area contributed by atoms with Crippen LogP contribution in [0.15, 0.2) is 38.3 Å². The Labute approximate surface area is 144 Å². The molecule has 1 fully saturated rings. The molecule has 0 aromatic carbocycles. The molecule has 0 aliphatic carbocycles. The van der Waals surface area contributed by atoms with Crippen molar-refractivity contribution < 1.29 is 9.21 Å². The summed E-state index contributed by atoms with van der Waals surface area (Å²) in [6, 6.07) is 6.72. The van der Waals surface area contributed by atoms with Gasteiger partial charge in [-0.3, -0.25) is 9.59 Å². The SMILES string of the molecule is Cc1cc(=O)oc(C)c1C(=O)N1C[C@@H]2C[C@H](C1)c1cccc(=O)n1C2. The first-order valence-electron chi connectivity index (χ1n) is 8.54. The molecule has 4 rings (SSSR count). The van der Waals surface area contributed by atoms with Gasteiger partial charge in [0.25, 0.3) is 11.5 Å². The second-order valence-corrected chi connectivity index (χ2v) is 7.09. The van der Waals surface area contributed by atoms with E-state index in [9.17, 15) is 14.4 Å². The van der Waals surface area contributed by atoms with E-state index in [-0.39, 0.29) is 23.3 Å². The van der Waals surface area contributed by atoms with Gasteiger partial charge in [-0.15, -0.1) is 0 Å². The van der Waals surface area contributed by atoms with Gasteiger partial charge in [-0.05, 0) is 37.8 Å². The van der Waals surface area contributed by atoms with E-state index in [2.05, 4.69) is 0 Å². The molecule has 2 atom stereocenters. The zero-order valence-electron chi connectivity index (χ0n) is 14.3. The van der Waals surface area contributed by atoms with Crippen LogP contribution in [-0.4, -0.2) is 28.5 Å². The fourth-order valence-corrected chi connectivity index (χ4v) is 4.30. The van der Waals surface area contributed by atoms with Crippen LogP contribution in [-0.2, 0) is 6.54 Å². The molecule has 25 heavy (non-hydrogen) atoms. The molecule has 2 aliphatic rings. The van der Waals surface area contributed by atoms with Gasteiger partial charge >= 0.3 is 5.63 Å². The molecule has 2 aromatic heterocycles. The molecular weight excluding hydrogens is 320 g/mol. The highest BCUT2D eigenvalue weighted by Gasteiger charge is 2.37. The van der Waals surface area contributed by atoms with E-state index in [1.807, 2.05) is 15.5 Å². The average Bonchev–Trinajstić information content (AvgIpc) is 2.54. The maximum absolute atomic E-state index is 13.1. The lowest BCUT2D eigenvalue weighted by Crippen LogP contribution is -2.49. The van der Waals surface area contributed by atoms with Crippen LogP contribution in [0.3, 0.4) is 0 Å². The molecule has 1 saturated heterocycles. The number of hydrogen-bond donors (Lipinski definition) is 0. The quantitative estimate of drug-likeness (QED) is 0.792. The first-order chi connectivity index (χ1) is 11.9. The Morgan fingerprint density at radius 2 is 1.96 bits per heavy atom. The summed E-state index contributed by atoms with van der Waals surface area (Å²) in [4.78, 5) is 38.5. The molecule has 6 heteroatoms. The molecule has 1 amide bonds. The first kappa shape index (κ1) is 15.9. The molecule has 0 unspecified atom stereocenters. The molecule has 0 spiro atoms. The summed E-state index contributed by atoms with van der Waals surface area (Å²) in [6.07, 6.45) is 0.995. The van der Waals surface area contributed by atoms with E-state index < -0.39 is 5.63 Å². The standard InChI is InChI=1S/C19H20N2O4/c1-11-6-17(23)25-12(2)18(11)19(24)20-8-13-7-14(10-20)15-4-3-5-16(22)21(15)9-13/h3-6,13-14H,7-10H2,1-2H3/t13-,14+/m0/s1. The topological polar surface area (TPSA) is 72.5 Å². The number of fused-ring (bicyclic) bond motifs is 4. The van der Waals surface area contributed by atoms with Crippen LogP contribution >= 0.6 is 0 Å². The van der Waals surface area contributed by atoms with Gasteiger partial charge in [-0.25, -0.2) is 4.79 Å². The molecule has 0 saturated carbocycles. The minimum atomic E-state index is -0.435. The summed E-state index contributed by atoms with van der Waals surface area (Å²) in [5.74, 6) is 0.704. The van der Waals surface area contributed by atoms with Gasteiger partial charge in [-0.1, -0.05) is 6.07 Å². The number of carbonyl (C=O) groups is 1. The summed E-state index contributed by atoms with van der Waals surface area (Å²) in [5.41, 5.74) is 1.73. The highest BCUT2D eigenvalue weighted by atomic mass is 16.4. The monoisotopic (exact) mass is 340 g/mol. The third kappa shape index (κ3) is 2.62. The van der Waals surface area contributed by atoms with Crippen LogP contribution in [0.25, 0.3) is 0 Å². The lowest BCUT2D eigenvalue weighted by molar-refractivity contribution is 0.0590. The van der Waals surface area contributed by atoms with Crippen molar-refractivity contribution in [3.05, 3.63) is 67.6 Å². The van der Waals surface area contributed by atoms with E-state index in [4.69, 9.17) is 4.42 Å². The Morgan fingerprint density at radius 3 is 2.72 bits per heavy atom. The van der Waals surface area contributed by atoms with Crippen LogP contribution in [0.1, 0.15) is 39.7 Å². The van der Waals surface area contributed by atoms with Crippen LogP contribution in [0.5, 0.6) is 0 Å². The van der Waals surface area contributed by atoms with Crippen molar-refractivity contribution in [2.45, 2.75) is 32.7 Å². The highest BCUT2D eigenvalue weighted by molar-refractivity contribution is 5.96. The van der Waals surface area contributed by atoms with E-state index in [0.717, 1.165) is 12.1 Å². The van der Waals surface area contributed by atoms with Crippen molar-refractivity contribution in [1.29, 1.82) is 0 Å². The minimum Gasteiger partial charge on any atom is -0.427 e. The van der Waals surface area contributed by atoms with Crippen LogP contribution in [0, 0.1) is 19.8 Å².